The molecule has 0 unspecified atom stereocenters. The summed E-state index contributed by atoms with van der Waals surface area (Å²) >= 11 is 7.24. The van der Waals surface area contributed by atoms with Gasteiger partial charge in [0.15, 0.2) is 0 Å². The van der Waals surface area contributed by atoms with Gasteiger partial charge in [0, 0.05) is 12.0 Å². The number of anilines is 1. The maximum absolute atomic E-state index is 13.1. The van der Waals surface area contributed by atoms with E-state index in [2.05, 4.69) is 10.3 Å². The summed E-state index contributed by atoms with van der Waals surface area (Å²) in [5.74, 6) is -1.10. The smallest absolute Gasteiger partial charge is 0.429 e. The number of esters is 1. The Morgan fingerprint density at radius 2 is 1.74 bits per heavy atom. The summed E-state index contributed by atoms with van der Waals surface area (Å²) in [5, 5.41) is 12.0. The number of thiophene rings is 1. The Kier molecular flexibility index (Phi) is 8.08. The molecule has 11 heteroatoms. The van der Waals surface area contributed by atoms with Gasteiger partial charge in [-0.15, -0.1) is 11.3 Å². The number of methoxy groups -OCH3 is 1. The van der Waals surface area contributed by atoms with Crippen LogP contribution in [-0.4, -0.2) is 36.6 Å². The largest absolute Gasteiger partial charge is 0.465 e. The molecular formula is C24H19ClF3N3O3S. The van der Waals surface area contributed by atoms with Gasteiger partial charge in [-0.2, -0.15) is 13.2 Å². The number of nitrogens with one attached hydrogen (secondary N) is 2. The first kappa shape index (κ1) is 26.1. The molecule has 0 bridgehead atoms. The van der Waals surface area contributed by atoms with E-state index in [0.717, 1.165) is 11.3 Å². The highest BCUT2D eigenvalue weighted by molar-refractivity contribution is 7.12. The first-order valence-corrected chi connectivity index (χ1v) is 11.3. The first-order valence-electron chi connectivity index (χ1n) is 10.1. The quantitative estimate of drug-likeness (QED) is 0.263. The number of aryl methyl sites for hydroxylation is 1. The topological polar surface area (TPSA) is 91.6 Å². The predicted octanol–water partition coefficient (Wildman–Crippen LogP) is 6.84. The van der Waals surface area contributed by atoms with Crippen LogP contribution in [0.4, 0.5) is 24.5 Å². The van der Waals surface area contributed by atoms with Crippen LogP contribution in [0.25, 0.3) is 0 Å². The third-order valence-electron chi connectivity index (χ3n) is 4.86. The number of hydrogen-bond donors (Lipinski definition) is 2. The van der Waals surface area contributed by atoms with E-state index in [0.29, 0.717) is 11.3 Å². The molecular weight excluding hydrogens is 503 g/mol. The van der Waals surface area contributed by atoms with E-state index in [-0.39, 0.29) is 32.4 Å². The minimum Gasteiger partial charge on any atom is -0.465 e. The summed E-state index contributed by atoms with van der Waals surface area (Å²) in [7, 11) is 1.24. The van der Waals surface area contributed by atoms with Crippen molar-refractivity contribution in [1.82, 2.24) is 0 Å². The number of carbonyl (C=O) groups is 2. The number of amides is 1. The van der Waals surface area contributed by atoms with Gasteiger partial charge in [-0.3, -0.25) is 9.79 Å². The summed E-state index contributed by atoms with van der Waals surface area (Å²) in [6.07, 6.45) is -5.59. The number of nitrogens with zero attached hydrogens (tertiary/aromatic N) is 1. The Hall–Kier alpha value is -3.50. The third-order valence-corrected chi connectivity index (χ3v) is 6.26. The molecule has 1 aromatic heterocycles. The number of aliphatic imine (C=N–C) groups is 1. The van der Waals surface area contributed by atoms with Gasteiger partial charge in [0.2, 0.25) is 0 Å². The van der Waals surface area contributed by atoms with Crippen LogP contribution in [0.5, 0.6) is 0 Å². The van der Waals surface area contributed by atoms with Crippen LogP contribution in [0, 0.1) is 12.3 Å². The van der Waals surface area contributed by atoms with Crippen molar-refractivity contribution >= 4 is 57.6 Å². The second-order valence-electron chi connectivity index (χ2n) is 7.31. The number of carbonyl (C=O) groups excluding carboxylic acids is 2. The summed E-state index contributed by atoms with van der Waals surface area (Å²) in [5.41, 5.74) is 0.262. The van der Waals surface area contributed by atoms with Crippen LogP contribution in [0.1, 0.15) is 37.6 Å². The molecule has 6 nitrogen and oxygen atoms in total. The molecule has 0 saturated heterocycles. The number of hydrogen-bond acceptors (Lipinski definition) is 6. The molecule has 0 aliphatic heterocycles. The SMILES string of the molecule is COC(=O)c1scc(C)c1NC(=O)c1ccc(C(CC(=N)C(F)(F)F)=Nc2ccccc2Cl)cc1. The van der Waals surface area contributed by atoms with E-state index in [4.69, 9.17) is 21.7 Å². The van der Waals surface area contributed by atoms with Crippen LogP contribution < -0.4 is 5.32 Å². The monoisotopic (exact) mass is 521 g/mol. The summed E-state index contributed by atoms with van der Waals surface area (Å²) in [4.78, 5) is 29.2. The molecule has 1 amide bonds. The molecule has 3 rings (SSSR count). The van der Waals surface area contributed by atoms with Gasteiger partial charge in [0.1, 0.15) is 10.6 Å². The lowest BCUT2D eigenvalue weighted by molar-refractivity contribution is -0.0605. The van der Waals surface area contributed by atoms with E-state index in [9.17, 15) is 22.8 Å². The molecule has 0 spiro atoms. The number of ether oxygens (including phenoxy) is 1. The number of para-hydroxylation sites is 1. The summed E-state index contributed by atoms with van der Waals surface area (Å²) in [6.45, 7) is 1.73. The normalized spacial score (nSPS) is 11.8. The number of alkyl halides is 3. The van der Waals surface area contributed by atoms with Crippen molar-refractivity contribution < 1.29 is 27.5 Å². The van der Waals surface area contributed by atoms with Crippen LogP contribution in [0.2, 0.25) is 5.02 Å². The number of rotatable bonds is 7. The molecule has 2 aromatic carbocycles. The molecule has 2 N–H and O–H groups in total. The fourth-order valence-corrected chi connectivity index (χ4v) is 4.10. The Labute approximate surface area is 207 Å². The van der Waals surface area contributed by atoms with E-state index in [1.807, 2.05) is 0 Å². The zero-order valence-corrected chi connectivity index (χ0v) is 20.1. The highest BCUT2D eigenvalue weighted by Crippen LogP contribution is 2.30. The summed E-state index contributed by atoms with van der Waals surface area (Å²) in [6, 6.07) is 12.1. The van der Waals surface area contributed by atoms with Gasteiger partial charge >= 0.3 is 12.1 Å². The van der Waals surface area contributed by atoms with Crippen molar-refractivity contribution in [2.75, 3.05) is 12.4 Å². The van der Waals surface area contributed by atoms with E-state index in [1.165, 1.54) is 31.4 Å². The molecule has 3 aromatic rings. The molecule has 35 heavy (non-hydrogen) atoms. The highest BCUT2D eigenvalue weighted by Gasteiger charge is 2.35. The van der Waals surface area contributed by atoms with Crippen LogP contribution in [0.3, 0.4) is 0 Å². The zero-order valence-electron chi connectivity index (χ0n) is 18.5. The van der Waals surface area contributed by atoms with Crippen molar-refractivity contribution in [3.63, 3.8) is 0 Å². The van der Waals surface area contributed by atoms with Gasteiger partial charge in [0.05, 0.1) is 29.2 Å². The fraction of sp³-hybridized carbons (Fsp3) is 0.167. The van der Waals surface area contributed by atoms with Crippen molar-refractivity contribution in [2.24, 2.45) is 4.99 Å². The molecule has 0 saturated carbocycles. The van der Waals surface area contributed by atoms with Crippen LogP contribution in [0.15, 0.2) is 58.9 Å². The van der Waals surface area contributed by atoms with E-state index >= 15 is 0 Å². The Bertz CT molecular complexity index is 1300. The first-order chi connectivity index (χ1) is 16.5. The van der Waals surface area contributed by atoms with Crippen molar-refractivity contribution in [3.05, 3.63) is 80.5 Å². The lowest BCUT2D eigenvalue weighted by Crippen LogP contribution is -2.25. The molecule has 0 aliphatic rings. The molecule has 0 atom stereocenters. The number of halogens is 4. The standard InChI is InChI=1S/C24H19ClF3N3O3S/c1-13-12-35-21(23(33)34-2)20(13)31-22(32)15-9-7-14(8-10-15)18(11-19(29)24(26,27)28)30-17-6-4-3-5-16(17)25/h3-10,12,29H,11H2,1-2H3,(H,31,32). The van der Waals surface area contributed by atoms with E-state index in [1.54, 1.807) is 36.6 Å². The van der Waals surface area contributed by atoms with Gasteiger partial charge in [-0.1, -0.05) is 35.9 Å². The Morgan fingerprint density at radius 1 is 1.11 bits per heavy atom. The average molecular weight is 522 g/mol. The second-order valence-corrected chi connectivity index (χ2v) is 8.60. The van der Waals surface area contributed by atoms with Crippen LogP contribution >= 0.6 is 22.9 Å². The molecule has 182 valence electrons. The maximum Gasteiger partial charge on any atom is 0.429 e. The minimum atomic E-state index is -4.81. The van der Waals surface area contributed by atoms with Gasteiger partial charge in [-0.05, 0) is 47.7 Å². The Morgan fingerprint density at radius 3 is 2.34 bits per heavy atom. The van der Waals surface area contributed by atoms with E-state index < -0.39 is 30.2 Å². The van der Waals surface area contributed by atoms with Crippen molar-refractivity contribution in [2.45, 2.75) is 19.5 Å². The molecule has 1 heterocycles. The van der Waals surface area contributed by atoms with Crippen molar-refractivity contribution in [3.8, 4) is 0 Å². The van der Waals surface area contributed by atoms with Gasteiger partial charge in [-0.25, -0.2) is 4.79 Å². The molecule has 0 aliphatic carbocycles. The van der Waals surface area contributed by atoms with Crippen LogP contribution in [-0.2, 0) is 4.74 Å². The maximum atomic E-state index is 13.1. The lowest BCUT2D eigenvalue weighted by atomic mass is 10.0. The molecule has 0 radical (unpaired) electrons. The zero-order chi connectivity index (χ0) is 25.8. The van der Waals surface area contributed by atoms with Gasteiger partial charge < -0.3 is 15.5 Å². The number of benzene rings is 2. The lowest BCUT2D eigenvalue weighted by Gasteiger charge is -2.12. The second kappa shape index (κ2) is 10.8. The van der Waals surface area contributed by atoms with Crippen molar-refractivity contribution in [1.29, 1.82) is 5.41 Å². The predicted molar refractivity (Wildman–Crippen MR) is 131 cm³/mol. The minimum absolute atomic E-state index is 0.0333. The summed E-state index contributed by atoms with van der Waals surface area (Å²) < 4.78 is 43.9. The molecule has 0 fully saturated rings. The third kappa shape index (κ3) is 6.34. The highest BCUT2D eigenvalue weighted by atomic mass is 35.5. The fourth-order valence-electron chi connectivity index (χ4n) is 3.00. The Balaban J connectivity index is 1.90. The van der Waals surface area contributed by atoms with Gasteiger partial charge in [0.25, 0.3) is 5.91 Å². The average Bonchev–Trinajstić information content (AvgIpc) is 3.18.